The van der Waals surface area contributed by atoms with Crippen molar-refractivity contribution in [2.24, 2.45) is 0 Å². The highest BCUT2D eigenvalue weighted by Gasteiger charge is 2.11. The number of methoxy groups -OCH3 is 1. The summed E-state index contributed by atoms with van der Waals surface area (Å²) >= 11 is 7.44. The Balaban J connectivity index is 2.20. The molecule has 0 aliphatic carbocycles. The molecule has 0 saturated heterocycles. The number of hydrogen-bond donors (Lipinski definition) is 1. The third-order valence-corrected chi connectivity index (χ3v) is 4.47. The molecule has 0 radical (unpaired) electrons. The van der Waals surface area contributed by atoms with Gasteiger partial charge in [0.25, 0.3) is 0 Å². The van der Waals surface area contributed by atoms with Gasteiger partial charge in [-0.3, -0.25) is 4.79 Å². The van der Waals surface area contributed by atoms with Crippen LogP contribution in [0.5, 0.6) is 0 Å². The number of carbonyl (C=O) groups excluding carboxylic acids is 1. The molecule has 24 heavy (non-hydrogen) atoms. The Morgan fingerprint density at radius 1 is 1.46 bits per heavy atom. The van der Waals surface area contributed by atoms with Crippen LogP contribution in [0.2, 0.25) is 5.28 Å². The van der Waals surface area contributed by atoms with Crippen LogP contribution in [0.3, 0.4) is 0 Å². The molecular formula is C16H17ClFN3O2S. The molecule has 1 aromatic carbocycles. The molecule has 0 unspecified atom stereocenters. The number of anilines is 2. The van der Waals surface area contributed by atoms with Crippen molar-refractivity contribution in [1.82, 2.24) is 9.97 Å². The van der Waals surface area contributed by atoms with E-state index in [0.717, 1.165) is 17.1 Å². The van der Waals surface area contributed by atoms with E-state index in [2.05, 4.69) is 26.9 Å². The van der Waals surface area contributed by atoms with Crippen LogP contribution in [0.1, 0.15) is 18.9 Å². The van der Waals surface area contributed by atoms with E-state index in [9.17, 15) is 9.18 Å². The summed E-state index contributed by atoms with van der Waals surface area (Å²) in [7, 11) is 1.27. The minimum absolute atomic E-state index is 0.112. The van der Waals surface area contributed by atoms with Crippen LogP contribution in [0.15, 0.2) is 29.3 Å². The van der Waals surface area contributed by atoms with E-state index < -0.39 is 11.8 Å². The molecular weight excluding hydrogens is 353 g/mol. The number of ether oxygens (including phenoxy) is 1. The molecule has 1 aromatic heterocycles. The molecule has 0 spiro atoms. The quantitative estimate of drug-likeness (QED) is 0.447. The Hall–Kier alpha value is -1.86. The average Bonchev–Trinajstić information content (AvgIpc) is 2.56. The van der Waals surface area contributed by atoms with Gasteiger partial charge in [-0.05, 0) is 41.5 Å². The molecule has 128 valence electrons. The Morgan fingerprint density at radius 3 is 2.92 bits per heavy atom. The predicted molar refractivity (Wildman–Crippen MR) is 93.5 cm³/mol. The van der Waals surface area contributed by atoms with Crippen LogP contribution in [0.4, 0.5) is 15.9 Å². The fraction of sp³-hybridized carbons (Fsp3) is 0.312. The lowest BCUT2D eigenvalue weighted by Gasteiger charge is -2.11. The number of carbonyl (C=O) groups is 1. The van der Waals surface area contributed by atoms with Crippen molar-refractivity contribution in [1.29, 1.82) is 0 Å². The monoisotopic (exact) mass is 369 g/mol. The van der Waals surface area contributed by atoms with Gasteiger partial charge in [0.15, 0.2) is 0 Å². The summed E-state index contributed by atoms with van der Waals surface area (Å²) in [5.41, 5.74) is 0.780. The second-order valence-corrected chi connectivity index (χ2v) is 6.36. The number of benzene rings is 1. The summed E-state index contributed by atoms with van der Waals surface area (Å²) in [5.74, 6) is 0.448. The van der Waals surface area contributed by atoms with Gasteiger partial charge in [0.05, 0.1) is 18.4 Å². The van der Waals surface area contributed by atoms with Gasteiger partial charge in [-0.15, -0.1) is 11.8 Å². The highest BCUT2D eigenvalue weighted by molar-refractivity contribution is 7.99. The molecule has 2 rings (SSSR count). The van der Waals surface area contributed by atoms with E-state index in [0.29, 0.717) is 11.5 Å². The zero-order valence-corrected chi connectivity index (χ0v) is 14.9. The van der Waals surface area contributed by atoms with Crippen molar-refractivity contribution in [2.75, 3.05) is 18.2 Å². The lowest BCUT2D eigenvalue weighted by molar-refractivity contribution is -0.139. The first-order chi connectivity index (χ1) is 11.5. The average molecular weight is 370 g/mol. The number of esters is 1. The maximum Gasteiger partial charge on any atom is 0.310 e. The predicted octanol–water partition coefficient (Wildman–Crippen LogP) is 4.23. The Morgan fingerprint density at radius 2 is 2.25 bits per heavy atom. The van der Waals surface area contributed by atoms with Crippen LogP contribution in [-0.2, 0) is 16.0 Å². The molecule has 1 heterocycles. The largest absolute Gasteiger partial charge is 0.469 e. The fourth-order valence-corrected chi connectivity index (χ4v) is 2.81. The molecule has 1 N–H and O–H groups in total. The van der Waals surface area contributed by atoms with Crippen molar-refractivity contribution in [3.8, 4) is 0 Å². The molecule has 8 heteroatoms. The lowest BCUT2D eigenvalue weighted by atomic mass is 10.1. The maximum atomic E-state index is 14.1. The summed E-state index contributed by atoms with van der Waals surface area (Å²) in [4.78, 5) is 20.2. The first-order valence-electron chi connectivity index (χ1n) is 7.31. The Labute approximate surface area is 149 Å². The summed E-state index contributed by atoms with van der Waals surface area (Å²) < 4.78 is 18.7. The van der Waals surface area contributed by atoms with E-state index in [-0.39, 0.29) is 17.3 Å². The van der Waals surface area contributed by atoms with E-state index in [1.807, 2.05) is 0 Å². The maximum absolute atomic E-state index is 14.1. The summed E-state index contributed by atoms with van der Waals surface area (Å²) in [5, 5.41) is 3.16. The van der Waals surface area contributed by atoms with E-state index in [4.69, 9.17) is 11.6 Å². The zero-order valence-electron chi connectivity index (χ0n) is 13.3. The van der Waals surface area contributed by atoms with Crippen LogP contribution in [0.25, 0.3) is 0 Å². The summed E-state index contributed by atoms with van der Waals surface area (Å²) in [6, 6.07) is 4.52. The Bertz CT molecular complexity index is 730. The highest BCUT2D eigenvalue weighted by atomic mass is 35.5. The number of nitrogens with one attached hydrogen (secondary N) is 1. The molecule has 0 amide bonds. The first kappa shape index (κ1) is 18.5. The van der Waals surface area contributed by atoms with Gasteiger partial charge in [0.2, 0.25) is 5.28 Å². The molecule has 0 aliphatic heterocycles. The zero-order chi connectivity index (χ0) is 17.5. The van der Waals surface area contributed by atoms with Crippen LogP contribution < -0.4 is 5.32 Å². The van der Waals surface area contributed by atoms with Crippen LogP contribution >= 0.6 is 23.4 Å². The minimum Gasteiger partial charge on any atom is -0.469 e. The van der Waals surface area contributed by atoms with Crippen LogP contribution in [0, 0.1) is 5.82 Å². The molecule has 2 aromatic rings. The Kier molecular flexibility index (Phi) is 6.81. The third kappa shape index (κ3) is 5.07. The number of thioether (sulfide) groups is 1. The number of halogens is 2. The van der Waals surface area contributed by atoms with Crippen molar-refractivity contribution < 1.29 is 13.9 Å². The van der Waals surface area contributed by atoms with Crippen LogP contribution in [-0.4, -0.2) is 28.8 Å². The number of aromatic nitrogens is 2. The molecule has 0 aliphatic rings. The standard InChI is InChI=1S/C16H17ClFN3O2S/c1-3-6-24-13-9-19-16(17)21-15(13)20-11-5-4-10(12(18)8-11)7-14(22)23-2/h4-5,8-9H,3,6-7H2,1-2H3,(H,19,20,21). The molecule has 0 atom stereocenters. The number of rotatable bonds is 7. The van der Waals surface area contributed by atoms with E-state index in [1.54, 1.807) is 24.0 Å². The van der Waals surface area contributed by atoms with Crippen molar-refractivity contribution in [3.05, 3.63) is 41.1 Å². The molecule has 0 bridgehead atoms. The van der Waals surface area contributed by atoms with E-state index >= 15 is 0 Å². The smallest absolute Gasteiger partial charge is 0.310 e. The van der Waals surface area contributed by atoms with E-state index in [1.165, 1.54) is 19.2 Å². The first-order valence-corrected chi connectivity index (χ1v) is 8.67. The second-order valence-electron chi connectivity index (χ2n) is 4.88. The summed E-state index contributed by atoms with van der Waals surface area (Å²) in [6.45, 7) is 2.08. The van der Waals surface area contributed by atoms with Gasteiger partial charge in [-0.25, -0.2) is 9.37 Å². The third-order valence-electron chi connectivity index (χ3n) is 3.07. The summed E-state index contributed by atoms with van der Waals surface area (Å²) in [6.07, 6.45) is 2.53. The minimum atomic E-state index is -0.492. The van der Waals surface area contributed by atoms with Crippen molar-refractivity contribution in [3.63, 3.8) is 0 Å². The topological polar surface area (TPSA) is 64.1 Å². The van der Waals surface area contributed by atoms with Gasteiger partial charge in [-0.1, -0.05) is 13.0 Å². The lowest BCUT2D eigenvalue weighted by Crippen LogP contribution is -2.06. The molecule has 0 saturated carbocycles. The van der Waals surface area contributed by atoms with Gasteiger partial charge < -0.3 is 10.1 Å². The second kappa shape index (κ2) is 8.84. The van der Waals surface area contributed by atoms with Gasteiger partial charge in [0.1, 0.15) is 11.6 Å². The SMILES string of the molecule is CCCSc1cnc(Cl)nc1Nc1ccc(CC(=O)OC)c(F)c1. The normalized spacial score (nSPS) is 10.5. The molecule has 0 fully saturated rings. The molecule has 5 nitrogen and oxygen atoms in total. The van der Waals surface area contributed by atoms with Gasteiger partial charge >= 0.3 is 5.97 Å². The highest BCUT2D eigenvalue weighted by Crippen LogP contribution is 2.29. The van der Waals surface area contributed by atoms with Gasteiger partial charge in [-0.2, -0.15) is 4.98 Å². The van der Waals surface area contributed by atoms with Crippen molar-refractivity contribution in [2.45, 2.75) is 24.7 Å². The van der Waals surface area contributed by atoms with Crippen molar-refractivity contribution >= 4 is 40.8 Å². The number of hydrogen-bond acceptors (Lipinski definition) is 6. The fourth-order valence-electron chi connectivity index (χ4n) is 1.89. The number of nitrogens with zero attached hydrogens (tertiary/aromatic N) is 2. The van der Waals surface area contributed by atoms with Gasteiger partial charge in [0, 0.05) is 11.9 Å².